The highest BCUT2D eigenvalue weighted by atomic mass is 32.2. The Bertz CT molecular complexity index is 729. The standard InChI is InChI=1S/C19H23NO5S/c1-4-7-14-10-13(11-15(17(14)21)25-5-2)12-16-18(22)20(19(23)26-16)8-6-9-24-3/h4,10-12,21H,1,5-9H2,2-3H3/b16-12+. The van der Waals surface area contributed by atoms with Gasteiger partial charge in [0.15, 0.2) is 11.5 Å². The maximum atomic E-state index is 12.5. The Kier molecular flexibility index (Phi) is 7.29. The van der Waals surface area contributed by atoms with Gasteiger partial charge in [-0.15, -0.1) is 6.58 Å². The molecule has 1 heterocycles. The number of carbonyl (C=O) groups is 2. The van der Waals surface area contributed by atoms with Gasteiger partial charge < -0.3 is 14.6 Å². The molecular formula is C19H23NO5S. The molecule has 1 aliphatic rings. The van der Waals surface area contributed by atoms with Gasteiger partial charge >= 0.3 is 0 Å². The molecule has 0 spiro atoms. The van der Waals surface area contributed by atoms with Crippen molar-refractivity contribution in [3.05, 3.63) is 40.8 Å². The first-order valence-corrected chi connectivity index (χ1v) is 9.17. The molecule has 1 aliphatic heterocycles. The fourth-order valence-corrected chi connectivity index (χ4v) is 3.43. The first-order valence-electron chi connectivity index (χ1n) is 8.35. The predicted octanol–water partition coefficient (Wildman–Crippen LogP) is 3.59. The van der Waals surface area contributed by atoms with E-state index in [4.69, 9.17) is 9.47 Å². The average Bonchev–Trinajstić information content (AvgIpc) is 2.87. The van der Waals surface area contributed by atoms with Gasteiger partial charge in [0.05, 0.1) is 11.5 Å². The Morgan fingerprint density at radius 1 is 1.35 bits per heavy atom. The number of ether oxygens (including phenoxy) is 2. The van der Waals surface area contributed by atoms with Crippen molar-refractivity contribution in [3.8, 4) is 11.5 Å². The molecule has 1 aromatic carbocycles. The van der Waals surface area contributed by atoms with Gasteiger partial charge in [-0.3, -0.25) is 14.5 Å². The van der Waals surface area contributed by atoms with E-state index < -0.39 is 0 Å². The molecule has 1 aromatic rings. The van der Waals surface area contributed by atoms with Crippen molar-refractivity contribution in [2.45, 2.75) is 19.8 Å². The van der Waals surface area contributed by atoms with Gasteiger partial charge in [-0.2, -0.15) is 0 Å². The van der Waals surface area contributed by atoms with Gasteiger partial charge in [0.1, 0.15) is 0 Å². The number of imide groups is 1. The molecule has 0 aromatic heterocycles. The van der Waals surface area contributed by atoms with Gasteiger partial charge in [0.2, 0.25) is 0 Å². The number of phenols is 1. The summed E-state index contributed by atoms with van der Waals surface area (Å²) in [4.78, 5) is 26.1. The van der Waals surface area contributed by atoms with E-state index in [1.807, 2.05) is 6.92 Å². The number of benzene rings is 1. The van der Waals surface area contributed by atoms with E-state index in [9.17, 15) is 14.7 Å². The molecular weight excluding hydrogens is 354 g/mol. The Morgan fingerprint density at radius 3 is 2.77 bits per heavy atom. The van der Waals surface area contributed by atoms with Crippen LogP contribution in [0, 0.1) is 0 Å². The lowest BCUT2D eigenvalue weighted by molar-refractivity contribution is -0.122. The van der Waals surface area contributed by atoms with Crippen molar-refractivity contribution in [2.24, 2.45) is 0 Å². The highest BCUT2D eigenvalue weighted by Gasteiger charge is 2.34. The second-order valence-electron chi connectivity index (χ2n) is 5.63. The van der Waals surface area contributed by atoms with E-state index in [0.29, 0.717) is 54.4 Å². The zero-order chi connectivity index (χ0) is 19.1. The van der Waals surface area contributed by atoms with E-state index in [1.54, 1.807) is 31.4 Å². The third kappa shape index (κ3) is 4.68. The second-order valence-corrected chi connectivity index (χ2v) is 6.63. The largest absolute Gasteiger partial charge is 0.504 e. The molecule has 0 bridgehead atoms. The molecule has 2 rings (SSSR count). The minimum Gasteiger partial charge on any atom is -0.504 e. The topological polar surface area (TPSA) is 76.1 Å². The van der Waals surface area contributed by atoms with Crippen LogP contribution in [0.2, 0.25) is 0 Å². The molecule has 7 heteroatoms. The zero-order valence-corrected chi connectivity index (χ0v) is 15.8. The minimum absolute atomic E-state index is 0.0663. The van der Waals surface area contributed by atoms with Crippen LogP contribution in [0.5, 0.6) is 11.5 Å². The van der Waals surface area contributed by atoms with Crippen LogP contribution in [0.25, 0.3) is 6.08 Å². The van der Waals surface area contributed by atoms with Gasteiger partial charge in [-0.25, -0.2) is 0 Å². The minimum atomic E-state index is -0.313. The zero-order valence-electron chi connectivity index (χ0n) is 15.0. The van der Waals surface area contributed by atoms with E-state index in [-0.39, 0.29) is 16.9 Å². The van der Waals surface area contributed by atoms with Crippen molar-refractivity contribution in [3.63, 3.8) is 0 Å². The first-order chi connectivity index (χ1) is 12.5. The fraction of sp³-hybridized carbons (Fsp3) is 0.368. The van der Waals surface area contributed by atoms with Crippen LogP contribution in [0.3, 0.4) is 0 Å². The summed E-state index contributed by atoms with van der Waals surface area (Å²) in [6.07, 6.45) is 4.39. The fourth-order valence-electron chi connectivity index (χ4n) is 2.56. The number of thioether (sulfide) groups is 1. The summed E-state index contributed by atoms with van der Waals surface area (Å²) in [7, 11) is 1.58. The lowest BCUT2D eigenvalue weighted by Gasteiger charge is -2.12. The molecule has 1 fully saturated rings. The maximum Gasteiger partial charge on any atom is 0.293 e. The van der Waals surface area contributed by atoms with Crippen molar-refractivity contribution in [1.82, 2.24) is 4.90 Å². The molecule has 0 aliphatic carbocycles. The molecule has 1 N–H and O–H groups in total. The molecule has 0 saturated carbocycles. The summed E-state index contributed by atoms with van der Waals surface area (Å²) in [5, 5.41) is 9.97. The molecule has 26 heavy (non-hydrogen) atoms. The molecule has 6 nitrogen and oxygen atoms in total. The number of methoxy groups -OCH3 is 1. The summed E-state index contributed by atoms with van der Waals surface area (Å²) in [5.74, 6) is 0.0985. The Balaban J connectivity index is 2.29. The first kappa shape index (κ1) is 20.1. The quantitative estimate of drug-likeness (QED) is 0.403. The van der Waals surface area contributed by atoms with E-state index in [2.05, 4.69) is 6.58 Å². The summed E-state index contributed by atoms with van der Waals surface area (Å²) >= 11 is 0.912. The lowest BCUT2D eigenvalue weighted by atomic mass is 10.1. The summed E-state index contributed by atoms with van der Waals surface area (Å²) in [6.45, 7) is 6.73. The van der Waals surface area contributed by atoms with Crippen molar-refractivity contribution in [1.29, 1.82) is 0 Å². The van der Waals surface area contributed by atoms with Gasteiger partial charge in [-0.05, 0) is 55.3 Å². The van der Waals surface area contributed by atoms with Crippen LogP contribution in [-0.2, 0) is 16.0 Å². The second kappa shape index (κ2) is 9.45. The number of hydrogen-bond donors (Lipinski definition) is 1. The highest BCUT2D eigenvalue weighted by molar-refractivity contribution is 8.18. The van der Waals surface area contributed by atoms with Crippen molar-refractivity contribution >= 4 is 29.0 Å². The Hall–Kier alpha value is -2.25. The third-order valence-corrected chi connectivity index (χ3v) is 4.65. The summed E-state index contributed by atoms with van der Waals surface area (Å²) < 4.78 is 10.4. The molecule has 0 unspecified atom stereocenters. The van der Waals surface area contributed by atoms with Crippen molar-refractivity contribution in [2.75, 3.05) is 26.9 Å². The maximum absolute atomic E-state index is 12.5. The number of rotatable bonds is 9. The van der Waals surface area contributed by atoms with Crippen LogP contribution in [0.4, 0.5) is 4.79 Å². The number of amides is 2. The van der Waals surface area contributed by atoms with Crippen LogP contribution in [-0.4, -0.2) is 48.0 Å². The Morgan fingerprint density at radius 2 is 2.12 bits per heavy atom. The van der Waals surface area contributed by atoms with Crippen LogP contribution in [0.15, 0.2) is 29.7 Å². The Labute approximate surface area is 157 Å². The molecule has 1 saturated heterocycles. The van der Waals surface area contributed by atoms with E-state index >= 15 is 0 Å². The summed E-state index contributed by atoms with van der Waals surface area (Å²) in [5.41, 5.74) is 1.34. The number of carbonyl (C=O) groups excluding carboxylic acids is 2. The SMILES string of the molecule is C=CCc1cc(/C=C2/SC(=O)N(CCCOC)C2=O)cc(OCC)c1O. The van der Waals surface area contributed by atoms with Crippen LogP contribution >= 0.6 is 11.8 Å². The lowest BCUT2D eigenvalue weighted by Crippen LogP contribution is -2.29. The highest BCUT2D eigenvalue weighted by Crippen LogP contribution is 2.36. The van der Waals surface area contributed by atoms with Gasteiger partial charge in [0.25, 0.3) is 11.1 Å². The molecule has 0 atom stereocenters. The average molecular weight is 377 g/mol. The van der Waals surface area contributed by atoms with E-state index in [1.165, 1.54) is 4.90 Å². The predicted molar refractivity (Wildman–Crippen MR) is 102 cm³/mol. The molecule has 140 valence electrons. The third-order valence-electron chi connectivity index (χ3n) is 3.74. The number of phenolic OH excluding ortho intramolecular Hbond substituents is 1. The smallest absolute Gasteiger partial charge is 0.293 e. The number of allylic oxidation sites excluding steroid dienone is 1. The van der Waals surface area contributed by atoms with Crippen molar-refractivity contribution < 1.29 is 24.2 Å². The van der Waals surface area contributed by atoms with Gasteiger partial charge in [-0.1, -0.05) is 6.08 Å². The number of aromatic hydroxyl groups is 1. The normalized spacial score (nSPS) is 15.8. The van der Waals surface area contributed by atoms with Crippen LogP contribution in [0.1, 0.15) is 24.5 Å². The monoisotopic (exact) mass is 377 g/mol. The van der Waals surface area contributed by atoms with E-state index in [0.717, 1.165) is 11.8 Å². The molecule has 0 radical (unpaired) electrons. The molecule has 2 amide bonds. The summed E-state index contributed by atoms with van der Waals surface area (Å²) in [6, 6.07) is 3.42. The van der Waals surface area contributed by atoms with Gasteiger partial charge in [0, 0.05) is 25.8 Å². The number of hydrogen-bond acceptors (Lipinski definition) is 6. The van der Waals surface area contributed by atoms with Crippen LogP contribution < -0.4 is 4.74 Å². The number of nitrogens with zero attached hydrogens (tertiary/aromatic N) is 1.